The van der Waals surface area contributed by atoms with Crippen molar-refractivity contribution in [2.75, 3.05) is 24.2 Å². The van der Waals surface area contributed by atoms with E-state index in [9.17, 15) is 19.2 Å². The van der Waals surface area contributed by atoms with Crippen LogP contribution in [0.15, 0.2) is 71.6 Å². The monoisotopic (exact) mass is 656 g/mol. The third-order valence-electron chi connectivity index (χ3n) is 8.60. The van der Waals surface area contributed by atoms with Gasteiger partial charge in [0.15, 0.2) is 0 Å². The Morgan fingerprint density at radius 2 is 1.68 bits per heavy atom. The van der Waals surface area contributed by atoms with Crippen LogP contribution in [0.4, 0.5) is 5.69 Å². The van der Waals surface area contributed by atoms with Gasteiger partial charge in [0.25, 0.3) is 5.91 Å². The Kier molecular flexibility index (Phi) is 11.0. The number of carbonyl (C=O) groups excluding carboxylic acids is 4. The van der Waals surface area contributed by atoms with Gasteiger partial charge in [0.1, 0.15) is 12.1 Å². The topological polar surface area (TPSA) is 117 Å². The molecule has 3 N–H and O–H groups in total. The van der Waals surface area contributed by atoms with Crippen LogP contribution in [0.1, 0.15) is 67.9 Å². The highest BCUT2D eigenvalue weighted by molar-refractivity contribution is 7.98. The molecular formula is C37H44N4O5S. The van der Waals surface area contributed by atoms with E-state index in [-0.39, 0.29) is 36.5 Å². The lowest BCUT2D eigenvalue weighted by Crippen LogP contribution is -2.51. The van der Waals surface area contributed by atoms with E-state index in [1.54, 1.807) is 29.7 Å². The molecule has 0 saturated heterocycles. The third kappa shape index (κ3) is 8.81. The van der Waals surface area contributed by atoms with E-state index in [2.05, 4.69) is 22.0 Å². The molecule has 4 bridgehead atoms. The molecule has 3 aromatic carbocycles. The Labute approximate surface area is 281 Å². The zero-order chi connectivity index (χ0) is 33.6. The average Bonchev–Trinajstić information content (AvgIpc) is 3.17. The van der Waals surface area contributed by atoms with Crippen LogP contribution >= 0.6 is 11.8 Å². The summed E-state index contributed by atoms with van der Waals surface area (Å²) < 4.78 is 5.57. The van der Waals surface area contributed by atoms with E-state index in [0.29, 0.717) is 44.5 Å². The fraction of sp³-hybridized carbons (Fsp3) is 0.405. The van der Waals surface area contributed by atoms with Crippen LogP contribution in [0.3, 0.4) is 0 Å². The molecular weight excluding hydrogens is 612 g/mol. The molecule has 9 nitrogen and oxygen atoms in total. The number of esters is 1. The first-order valence-electron chi connectivity index (χ1n) is 16.2. The normalized spacial score (nSPS) is 21.3. The van der Waals surface area contributed by atoms with Gasteiger partial charge in [0.05, 0.1) is 6.54 Å². The third-order valence-corrected chi connectivity index (χ3v) is 9.33. The maximum atomic E-state index is 14.2. The summed E-state index contributed by atoms with van der Waals surface area (Å²) in [6, 6.07) is 20.8. The summed E-state index contributed by atoms with van der Waals surface area (Å²) >= 11 is 1.65. The number of rotatable bonds is 1. The molecule has 0 fully saturated rings. The Morgan fingerprint density at radius 3 is 2.43 bits per heavy atom. The molecule has 0 unspecified atom stereocenters. The number of anilines is 1. The maximum Gasteiger partial charge on any atom is 0.306 e. The second kappa shape index (κ2) is 15.2. The Morgan fingerprint density at radius 1 is 0.936 bits per heavy atom. The fourth-order valence-electron chi connectivity index (χ4n) is 6.07. The van der Waals surface area contributed by atoms with Crippen LogP contribution in [0.25, 0.3) is 11.1 Å². The molecule has 6 rings (SSSR count). The Balaban J connectivity index is 1.47. The molecule has 3 heterocycles. The number of fused-ring (bicyclic) bond motifs is 16. The van der Waals surface area contributed by atoms with Crippen LogP contribution in [0.2, 0.25) is 0 Å². The van der Waals surface area contributed by atoms with E-state index in [1.807, 2.05) is 74.7 Å². The van der Waals surface area contributed by atoms with Crippen molar-refractivity contribution in [1.29, 1.82) is 0 Å². The number of thioether (sulfide) groups is 1. The van der Waals surface area contributed by atoms with Crippen LogP contribution < -0.4 is 20.9 Å². The highest BCUT2D eigenvalue weighted by Gasteiger charge is 2.33. The van der Waals surface area contributed by atoms with Crippen LogP contribution in [0, 0.1) is 0 Å². The molecule has 3 aliphatic rings. The van der Waals surface area contributed by atoms with Gasteiger partial charge in [-0.3, -0.25) is 19.2 Å². The van der Waals surface area contributed by atoms with Crippen LogP contribution in [-0.4, -0.2) is 60.7 Å². The number of aryl methyl sites for hydroxylation is 1. The van der Waals surface area contributed by atoms with Crippen molar-refractivity contribution in [3.05, 3.63) is 83.4 Å². The van der Waals surface area contributed by atoms with Gasteiger partial charge in [0.2, 0.25) is 11.8 Å². The van der Waals surface area contributed by atoms with Crippen LogP contribution in [0.5, 0.6) is 0 Å². The molecule has 3 amide bonds. The molecule has 10 heteroatoms. The number of hydrogen-bond acceptors (Lipinski definition) is 7. The second-order valence-corrected chi connectivity index (χ2v) is 13.8. The molecule has 0 radical (unpaired) electrons. The van der Waals surface area contributed by atoms with Crippen molar-refractivity contribution in [3.8, 4) is 11.1 Å². The molecule has 3 aliphatic heterocycles. The first-order chi connectivity index (χ1) is 22.5. The summed E-state index contributed by atoms with van der Waals surface area (Å²) in [7, 11) is 0. The van der Waals surface area contributed by atoms with Crippen molar-refractivity contribution in [2.24, 2.45) is 0 Å². The van der Waals surface area contributed by atoms with E-state index in [0.717, 1.165) is 32.8 Å². The lowest BCUT2D eigenvalue weighted by molar-refractivity contribution is -0.148. The predicted molar refractivity (Wildman–Crippen MR) is 185 cm³/mol. The zero-order valence-electron chi connectivity index (χ0n) is 27.6. The number of benzene rings is 3. The summed E-state index contributed by atoms with van der Waals surface area (Å²) in [5, 5.41) is 9.31. The number of hydrogen-bond donors (Lipinski definition) is 3. The van der Waals surface area contributed by atoms with Crippen molar-refractivity contribution < 1.29 is 23.9 Å². The van der Waals surface area contributed by atoms with Crippen LogP contribution in [-0.2, 0) is 32.1 Å². The SMILES string of the molecule is CSc1ccc2c(c1)CC[C@H]1NC(=O)CC(C)(C)NC[C@@H](C)OC(=O)CCCNC(=O)c3ccccc3-c3ccc(cc3)CN2C1=O. The lowest BCUT2D eigenvalue weighted by atomic mass is 9.98. The smallest absolute Gasteiger partial charge is 0.306 e. The minimum absolute atomic E-state index is 0.143. The van der Waals surface area contributed by atoms with E-state index < -0.39 is 17.7 Å². The molecule has 248 valence electrons. The molecule has 47 heavy (non-hydrogen) atoms. The number of carbonyl (C=O) groups is 4. The Bertz CT molecular complexity index is 1620. The largest absolute Gasteiger partial charge is 0.461 e. The van der Waals surface area contributed by atoms with E-state index in [1.165, 1.54) is 0 Å². The summed E-state index contributed by atoms with van der Waals surface area (Å²) in [4.78, 5) is 56.1. The molecule has 3 aromatic rings. The quantitative estimate of drug-likeness (QED) is 0.242. The van der Waals surface area contributed by atoms with Gasteiger partial charge in [-0.05, 0) is 92.8 Å². The zero-order valence-corrected chi connectivity index (χ0v) is 28.4. The summed E-state index contributed by atoms with van der Waals surface area (Å²) in [5.74, 6) is -0.931. The summed E-state index contributed by atoms with van der Waals surface area (Å²) in [6.07, 6.45) is 3.53. The predicted octanol–water partition coefficient (Wildman–Crippen LogP) is 5.25. The summed E-state index contributed by atoms with van der Waals surface area (Å²) in [6.45, 7) is 6.66. The van der Waals surface area contributed by atoms with Gasteiger partial charge < -0.3 is 25.6 Å². The van der Waals surface area contributed by atoms with E-state index >= 15 is 0 Å². The standard InChI is InChI=1S/C37H44N4O5S/c1-24-22-39-37(2,3)21-33(42)40-31-17-15-27-20-28(47-4)16-18-32(27)41(36(31)45)23-25-11-13-26(14-12-25)29-8-5-6-9-30(29)35(44)38-19-7-10-34(43)46-24/h5-6,8-9,11-14,16,18,20,24,31,39H,7,10,15,17,19,21-23H2,1-4H3,(H,38,44)(H,40,42)/t24-,31-/m1/s1. The van der Waals surface area contributed by atoms with Crippen molar-refractivity contribution in [3.63, 3.8) is 0 Å². The summed E-state index contributed by atoms with van der Waals surface area (Å²) in [5.41, 5.74) is 4.45. The van der Waals surface area contributed by atoms with Gasteiger partial charge in [0, 0.05) is 47.6 Å². The number of nitrogens with zero attached hydrogens (tertiary/aromatic N) is 1. The molecule has 0 aliphatic carbocycles. The minimum atomic E-state index is -0.682. The highest BCUT2D eigenvalue weighted by Crippen LogP contribution is 2.33. The first kappa shape index (κ1) is 34.2. The van der Waals surface area contributed by atoms with Crippen molar-refractivity contribution in [2.45, 2.75) is 82.0 Å². The van der Waals surface area contributed by atoms with Crippen molar-refractivity contribution in [1.82, 2.24) is 16.0 Å². The van der Waals surface area contributed by atoms with Gasteiger partial charge in [-0.25, -0.2) is 0 Å². The van der Waals surface area contributed by atoms with E-state index in [4.69, 9.17) is 4.74 Å². The number of ether oxygens (including phenoxy) is 1. The van der Waals surface area contributed by atoms with Gasteiger partial charge in [-0.2, -0.15) is 0 Å². The first-order valence-corrected chi connectivity index (χ1v) is 17.4. The Hall–Kier alpha value is -4.15. The lowest BCUT2D eigenvalue weighted by Gasteiger charge is -2.30. The van der Waals surface area contributed by atoms with Gasteiger partial charge in [-0.15, -0.1) is 11.8 Å². The average molecular weight is 657 g/mol. The number of amides is 3. The molecule has 0 spiro atoms. The second-order valence-electron chi connectivity index (χ2n) is 12.9. The highest BCUT2D eigenvalue weighted by atomic mass is 32.2. The van der Waals surface area contributed by atoms with Gasteiger partial charge in [-0.1, -0.05) is 42.5 Å². The van der Waals surface area contributed by atoms with Crippen molar-refractivity contribution >= 4 is 41.1 Å². The molecule has 2 atom stereocenters. The fourth-order valence-corrected chi connectivity index (χ4v) is 6.53. The molecule has 0 saturated carbocycles. The minimum Gasteiger partial charge on any atom is -0.461 e. The maximum absolute atomic E-state index is 14.2. The molecule has 0 aromatic heterocycles. The number of nitrogens with one attached hydrogen (secondary N) is 3. The van der Waals surface area contributed by atoms with Gasteiger partial charge >= 0.3 is 5.97 Å².